The molecule has 0 saturated carbocycles. The standard InChI is InChI=1S/C25H30N4O5/c1-25(2,3)26-23(30)22-19-14-17(29(32)33)9-12-20(19)27-13-5-6-21(27)24(31)28(22)15-16-7-10-18(34-4)11-8-16/h7-12,14,21-22H,5-6,13,15H2,1-4H3,(H,26,30)/t21-,22?/m0/s1. The SMILES string of the molecule is COc1ccc(CN2C(=O)[C@@H]3CCCN3c3ccc([N+](=O)[O-])cc3C2C(=O)NC(C)(C)C)cc1. The number of nitro groups is 1. The van der Waals surface area contributed by atoms with Gasteiger partial charge in [-0.05, 0) is 57.4 Å². The van der Waals surface area contributed by atoms with Crippen LogP contribution in [0.4, 0.5) is 11.4 Å². The molecule has 4 rings (SSSR count). The van der Waals surface area contributed by atoms with E-state index in [1.807, 2.05) is 49.9 Å². The van der Waals surface area contributed by atoms with Crippen molar-refractivity contribution in [2.45, 2.75) is 57.8 Å². The Kier molecular flexibility index (Phi) is 6.20. The number of benzene rings is 2. The predicted molar refractivity (Wildman–Crippen MR) is 128 cm³/mol. The minimum absolute atomic E-state index is 0.109. The van der Waals surface area contributed by atoms with Gasteiger partial charge < -0.3 is 19.9 Å². The molecule has 180 valence electrons. The van der Waals surface area contributed by atoms with Crippen molar-refractivity contribution in [1.29, 1.82) is 0 Å². The third-order valence-corrected chi connectivity index (χ3v) is 6.22. The Labute approximate surface area is 198 Å². The summed E-state index contributed by atoms with van der Waals surface area (Å²) in [6, 6.07) is 10.5. The molecular weight excluding hydrogens is 436 g/mol. The zero-order valence-electron chi connectivity index (χ0n) is 19.9. The van der Waals surface area contributed by atoms with Crippen LogP contribution in [-0.4, -0.2) is 46.9 Å². The molecule has 2 aliphatic rings. The number of methoxy groups -OCH3 is 1. The van der Waals surface area contributed by atoms with Crippen LogP contribution in [0.25, 0.3) is 0 Å². The molecule has 34 heavy (non-hydrogen) atoms. The maximum Gasteiger partial charge on any atom is 0.269 e. The number of hydrogen-bond acceptors (Lipinski definition) is 6. The molecule has 2 amide bonds. The third-order valence-electron chi connectivity index (χ3n) is 6.22. The highest BCUT2D eigenvalue weighted by Crippen LogP contribution is 2.42. The van der Waals surface area contributed by atoms with Crippen LogP contribution in [0, 0.1) is 10.1 Å². The van der Waals surface area contributed by atoms with E-state index in [1.165, 1.54) is 12.1 Å². The van der Waals surface area contributed by atoms with Gasteiger partial charge in [0.2, 0.25) is 11.8 Å². The number of nitrogens with zero attached hydrogens (tertiary/aromatic N) is 3. The second-order valence-corrected chi connectivity index (χ2v) is 9.81. The van der Waals surface area contributed by atoms with Gasteiger partial charge in [-0.1, -0.05) is 12.1 Å². The number of hydrogen-bond donors (Lipinski definition) is 1. The number of nitrogens with one attached hydrogen (secondary N) is 1. The van der Waals surface area contributed by atoms with E-state index in [9.17, 15) is 19.7 Å². The molecule has 1 N–H and O–H groups in total. The number of non-ortho nitro benzene ring substituents is 1. The molecule has 0 aromatic heterocycles. The lowest BCUT2D eigenvalue weighted by Gasteiger charge is -2.33. The first kappa shape index (κ1) is 23.5. The molecule has 0 radical (unpaired) electrons. The largest absolute Gasteiger partial charge is 0.497 e. The summed E-state index contributed by atoms with van der Waals surface area (Å²) >= 11 is 0. The van der Waals surface area contributed by atoms with Gasteiger partial charge in [0.05, 0.1) is 12.0 Å². The molecule has 9 nitrogen and oxygen atoms in total. The Balaban J connectivity index is 1.86. The van der Waals surface area contributed by atoms with Crippen molar-refractivity contribution in [3.05, 3.63) is 63.7 Å². The van der Waals surface area contributed by atoms with Crippen molar-refractivity contribution in [3.63, 3.8) is 0 Å². The monoisotopic (exact) mass is 466 g/mol. The van der Waals surface area contributed by atoms with E-state index in [1.54, 1.807) is 18.1 Å². The number of rotatable bonds is 5. The number of ether oxygens (including phenoxy) is 1. The van der Waals surface area contributed by atoms with Crippen molar-refractivity contribution >= 4 is 23.2 Å². The van der Waals surface area contributed by atoms with Gasteiger partial charge >= 0.3 is 0 Å². The molecule has 1 fully saturated rings. The van der Waals surface area contributed by atoms with Crippen LogP contribution in [0.5, 0.6) is 5.75 Å². The van der Waals surface area contributed by atoms with Crippen molar-refractivity contribution in [2.24, 2.45) is 0 Å². The average molecular weight is 467 g/mol. The van der Waals surface area contributed by atoms with E-state index in [4.69, 9.17) is 4.74 Å². The minimum Gasteiger partial charge on any atom is -0.497 e. The highest BCUT2D eigenvalue weighted by Gasteiger charge is 2.45. The van der Waals surface area contributed by atoms with Crippen molar-refractivity contribution in [2.75, 3.05) is 18.6 Å². The molecular formula is C25H30N4O5. The minimum atomic E-state index is -1.01. The highest BCUT2D eigenvalue weighted by molar-refractivity contribution is 5.96. The summed E-state index contributed by atoms with van der Waals surface area (Å²) in [5, 5.41) is 14.6. The van der Waals surface area contributed by atoms with Crippen LogP contribution in [0.2, 0.25) is 0 Å². The van der Waals surface area contributed by atoms with Gasteiger partial charge in [0.1, 0.15) is 17.8 Å². The summed E-state index contributed by atoms with van der Waals surface area (Å²) in [5.41, 5.74) is 1.35. The molecule has 1 unspecified atom stereocenters. The van der Waals surface area contributed by atoms with Crippen molar-refractivity contribution in [3.8, 4) is 5.75 Å². The Morgan fingerprint density at radius 3 is 2.53 bits per heavy atom. The van der Waals surface area contributed by atoms with Crippen LogP contribution in [0.3, 0.4) is 0 Å². The van der Waals surface area contributed by atoms with Gasteiger partial charge in [-0.15, -0.1) is 0 Å². The van der Waals surface area contributed by atoms with Crippen LogP contribution in [0.15, 0.2) is 42.5 Å². The zero-order valence-corrected chi connectivity index (χ0v) is 19.9. The lowest BCUT2D eigenvalue weighted by molar-refractivity contribution is -0.384. The molecule has 2 heterocycles. The summed E-state index contributed by atoms with van der Waals surface area (Å²) in [7, 11) is 1.58. The number of fused-ring (bicyclic) bond motifs is 3. The summed E-state index contributed by atoms with van der Waals surface area (Å²) < 4.78 is 5.24. The van der Waals surface area contributed by atoms with Gasteiger partial charge in [-0.2, -0.15) is 0 Å². The number of amides is 2. The first-order valence-electron chi connectivity index (χ1n) is 11.4. The fraction of sp³-hybridized carbons (Fsp3) is 0.440. The van der Waals surface area contributed by atoms with E-state index in [0.29, 0.717) is 30.0 Å². The molecule has 9 heteroatoms. The topological polar surface area (TPSA) is 105 Å². The van der Waals surface area contributed by atoms with Crippen molar-refractivity contribution < 1.29 is 19.2 Å². The normalized spacial score (nSPS) is 19.8. The fourth-order valence-corrected chi connectivity index (χ4v) is 4.75. The number of carbonyl (C=O) groups is 2. The van der Waals surface area contributed by atoms with Crippen LogP contribution >= 0.6 is 0 Å². The maximum absolute atomic E-state index is 13.9. The Bertz CT molecular complexity index is 1110. The maximum atomic E-state index is 13.9. The summed E-state index contributed by atoms with van der Waals surface area (Å²) in [6.07, 6.45) is 1.50. The average Bonchev–Trinajstić information content (AvgIpc) is 3.24. The second kappa shape index (κ2) is 8.96. The van der Waals surface area contributed by atoms with Crippen LogP contribution < -0.4 is 15.0 Å². The smallest absolute Gasteiger partial charge is 0.269 e. The molecule has 0 spiro atoms. The second-order valence-electron chi connectivity index (χ2n) is 9.81. The predicted octanol–water partition coefficient (Wildman–Crippen LogP) is 3.57. The molecule has 1 saturated heterocycles. The molecule has 2 aromatic rings. The summed E-state index contributed by atoms with van der Waals surface area (Å²) in [6.45, 7) is 6.44. The Morgan fingerprint density at radius 1 is 1.21 bits per heavy atom. The van der Waals surface area contributed by atoms with Gasteiger partial charge in [0, 0.05) is 42.0 Å². The van der Waals surface area contributed by atoms with Gasteiger partial charge in [-0.3, -0.25) is 19.7 Å². The van der Waals surface area contributed by atoms with Gasteiger partial charge in [0.15, 0.2) is 0 Å². The molecule has 2 aliphatic heterocycles. The van der Waals surface area contributed by atoms with Gasteiger partial charge in [-0.25, -0.2) is 0 Å². The first-order valence-corrected chi connectivity index (χ1v) is 11.4. The van der Waals surface area contributed by atoms with Crippen LogP contribution in [0.1, 0.15) is 50.8 Å². The van der Waals surface area contributed by atoms with E-state index >= 15 is 0 Å². The number of anilines is 1. The highest BCUT2D eigenvalue weighted by atomic mass is 16.6. The third kappa shape index (κ3) is 4.55. The zero-order chi connectivity index (χ0) is 24.6. The fourth-order valence-electron chi connectivity index (χ4n) is 4.75. The van der Waals surface area contributed by atoms with E-state index in [-0.39, 0.29) is 24.0 Å². The molecule has 2 atom stereocenters. The lowest BCUT2D eigenvalue weighted by atomic mass is 9.98. The molecule has 0 aliphatic carbocycles. The van der Waals surface area contributed by atoms with Crippen LogP contribution in [-0.2, 0) is 16.1 Å². The van der Waals surface area contributed by atoms with E-state index in [2.05, 4.69) is 5.32 Å². The quantitative estimate of drug-likeness (QED) is 0.534. The molecule has 0 bridgehead atoms. The van der Waals surface area contributed by atoms with E-state index in [0.717, 1.165) is 12.0 Å². The summed E-state index contributed by atoms with van der Waals surface area (Å²) in [5.74, 6) is 0.175. The van der Waals surface area contributed by atoms with E-state index < -0.39 is 22.5 Å². The summed E-state index contributed by atoms with van der Waals surface area (Å²) in [4.78, 5) is 42.2. The first-order chi connectivity index (χ1) is 16.1. The lowest BCUT2D eigenvalue weighted by Crippen LogP contribution is -2.50. The number of nitro benzene ring substituents is 1. The van der Waals surface area contributed by atoms with Crippen molar-refractivity contribution in [1.82, 2.24) is 10.2 Å². The van der Waals surface area contributed by atoms with Gasteiger partial charge in [0.25, 0.3) is 5.69 Å². The number of carbonyl (C=O) groups excluding carboxylic acids is 2. The Morgan fingerprint density at radius 2 is 1.91 bits per heavy atom. The molecule has 2 aromatic carbocycles. The Hall–Kier alpha value is -3.62.